The van der Waals surface area contributed by atoms with E-state index in [1.807, 2.05) is 24.3 Å². The monoisotopic (exact) mass is 454 g/mol. The van der Waals surface area contributed by atoms with Crippen LogP contribution in [-0.4, -0.2) is 48.4 Å². The number of carbonyl (C=O) groups excluding carboxylic acids is 2. The first-order chi connectivity index (χ1) is 15.5. The number of likely N-dealkylation sites (tertiary alicyclic amines) is 1. The largest absolute Gasteiger partial charge is 0.378 e. The highest BCUT2D eigenvalue weighted by Gasteiger charge is 2.30. The van der Waals surface area contributed by atoms with E-state index in [0.29, 0.717) is 35.2 Å². The molecule has 1 N–H and O–H groups in total. The zero-order valence-electron chi connectivity index (χ0n) is 18.3. The molecule has 6 heteroatoms. The fourth-order valence-electron chi connectivity index (χ4n) is 5.04. The summed E-state index contributed by atoms with van der Waals surface area (Å²) < 4.78 is 0. The number of benzene rings is 2. The number of piperidine rings is 2. The van der Waals surface area contributed by atoms with Crippen molar-refractivity contribution in [2.24, 2.45) is 11.8 Å². The second-order valence-electron chi connectivity index (χ2n) is 9.10. The smallest absolute Gasteiger partial charge is 0.256 e. The lowest BCUT2D eigenvalue weighted by atomic mass is 9.82. The topological polar surface area (TPSA) is 60.9 Å². The molecule has 0 radical (unpaired) electrons. The van der Waals surface area contributed by atoms with Crippen LogP contribution in [0, 0.1) is 11.8 Å². The van der Waals surface area contributed by atoms with Crippen LogP contribution >= 0.6 is 11.6 Å². The van der Waals surface area contributed by atoms with Crippen molar-refractivity contribution in [1.29, 1.82) is 0 Å². The Morgan fingerprint density at radius 2 is 1.62 bits per heavy atom. The van der Waals surface area contributed by atoms with Crippen LogP contribution in [0.3, 0.4) is 0 Å². The molecule has 1 unspecified atom stereocenters. The summed E-state index contributed by atoms with van der Waals surface area (Å²) in [6.07, 6.45) is 5.33. The summed E-state index contributed by atoms with van der Waals surface area (Å²) in [5.74, 6) is 1.15. The fourth-order valence-corrected chi connectivity index (χ4v) is 5.24. The number of rotatable bonds is 6. The van der Waals surface area contributed by atoms with E-state index in [0.717, 1.165) is 38.1 Å². The molecule has 2 aromatic rings. The fraction of sp³-hybridized carbons (Fsp3) is 0.462. The normalized spacial score (nSPS) is 19.1. The van der Waals surface area contributed by atoms with Crippen LogP contribution in [0.1, 0.15) is 54.1 Å². The van der Waals surface area contributed by atoms with Crippen molar-refractivity contribution in [3.8, 4) is 0 Å². The summed E-state index contributed by atoms with van der Waals surface area (Å²) in [5.41, 5.74) is 2.46. The van der Waals surface area contributed by atoms with E-state index in [1.54, 1.807) is 29.2 Å². The molecular formula is C26H31ClN2O3. The average molecular weight is 455 g/mol. The van der Waals surface area contributed by atoms with Crippen molar-refractivity contribution >= 4 is 29.5 Å². The molecule has 0 bridgehead atoms. The number of nitrogens with zero attached hydrogens (tertiary/aromatic N) is 2. The maximum absolute atomic E-state index is 12.7. The van der Waals surface area contributed by atoms with Gasteiger partial charge in [0.05, 0.1) is 0 Å². The summed E-state index contributed by atoms with van der Waals surface area (Å²) in [6.45, 7) is 3.52. The van der Waals surface area contributed by atoms with Crippen LogP contribution in [0.4, 0.5) is 5.69 Å². The Bertz CT molecular complexity index is 917. The third-order valence-corrected chi connectivity index (χ3v) is 7.24. The van der Waals surface area contributed by atoms with Crippen molar-refractivity contribution in [2.45, 2.75) is 38.2 Å². The third kappa shape index (κ3) is 5.51. The third-order valence-electron chi connectivity index (χ3n) is 7.00. The molecule has 1 amide bonds. The van der Waals surface area contributed by atoms with E-state index in [-0.39, 0.29) is 5.91 Å². The molecule has 2 fully saturated rings. The zero-order valence-corrected chi connectivity index (χ0v) is 19.1. The van der Waals surface area contributed by atoms with Gasteiger partial charge in [-0.2, -0.15) is 0 Å². The summed E-state index contributed by atoms with van der Waals surface area (Å²) >= 11 is 6.00. The van der Waals surface area contributed by atoms with Crippen molar-refractivity contribution in [1.82, 2.24) is 4.90 Å². The van der Waals surface area contributed by atoms with Crippen molar-refractivity contribution in [3.63, 3.8) is 0 Å². The van der Waals surface area contributed by atoms with Gasteiger partial charge in [-0.25, -0.2) is 0 Å². The van der Waals surface area contributed by atoms with Crippen molar-refractivity contribution in [3.05, 3.63) is 64.7 Å². The molecule has 2 heterocycles. The average Bonchev–Trinajstić information content (AvgIpc) is 2.84. The van der Waals surface area contributed by atoms with Crippen LogP contribution < -0.4 is 4.90 Å². The van der Waals surface area contributed by atoms with E-state index in [1.165, 1.54) is 24.9 Å². The Hall–Kier alpha value is -2.37. The maximum atomic E-state index is 12.7. The lowest BCUT2D eigenvalue weighted by molar-refractivity contribution is -0.142. The van der Waals surface area contributed by atoms with Crippen LogP contribution in [0.2, 0.25) is 5.02 Å². The van der Waals surface area contributed by atoms with Gasteiger partial charge in [0.2, 0.25) is 0 Å². The lowest BCUT2D eigenvalue weighted by Gasteiger charge is -2.38. The van der Waals surface area contributed by atoms with Gasteiger partial charge in [0.15, 0.2) is 6.10 Å². The molecule has 1 atom stereocenters. The maximum Gasteiger partial charge on any atom is 0.256 e. The highest BCUT2D eigenvalue weighted by Crippen LogP contribution is 2.32. The minimum Gasteiger partial charge on any atom is -0.378 e. The van der Waals surface area contributed by atoms with Crippen LogP contribution in [-0.2, 0) is 4.79 Å². The Balaban J connectivity index is 1.21. The first-order valence-electron chi connectivity index (χ1n) is 11.6. The molecule has 170 valence electrons. The van der Waals surface area contributed by atoms with E-state index in [2.05, 4.69) is 4.90 Å². The predicted octanol–water partition coefficient (Wildman–Crippen LogP) is 4.73. The lowest BCUT2D eigenvalue weighted by Crippen LogP contribution is -2.42. The molecule has 0 spiro atoms. The van der Waals surface area contributed by atoms with Gasteiger partial charge in [0.1, 0.15) is 6.29 Å². The second kappa shape index (κ2) is 10.5. The summed E-state index contributed by atoms with van der Waals surface area (Å²) in [5, 5.41) is 11.0. The minimum atomic E-state index is -1.14. The van der Waals surface area contributed by atoms with Crippen molar-refractivity contribution < 1.29 is 14.7 Å². The number of aliphatic hydroxyl groups is 1. The van der Waals surface area contributed by atoms with Crippen LogP contribution in [0.15, 0.2) is 48.5 Å². The number of carbonyl (C=O) groups is 2. The van der Waals surface area contributed by atoms with Gasteiger partial charge in [-0.1, -0.05) is 23.7 Å². The number of hydrogen-bond donors (Lipinski definition) is 1. The van der Waals surface area contributed by atoms with Gasteiger partial charge >= 0.3 is 0 Å². The first-order valence-corrected chi connectivity index (χ1v) is 11.9. The second-order valence-corrected chi connectivity index (χ2v) is 9.54. The van der Waals surface area contributed by atoms with Gasteiger partial charge in [-0.3, -0.25) is 9.59 Å². The quantitative estimate of drug-likeness (QED) is 0.641. The number of aldehydes is 1. The molecule has 0 saturated carbocycles. The standard InChI is InChI=1S/C26H31ClN2O3/c27-23-3-1-2-22(17-23)25(31)26(32)29-14-10-20(11-15-29)16-19-8-12-28(13-9-19)24-6-4-21(18-30)5-7-24/h1-7,17-20,25,31H,8-16H2. The van der Waals surface area contributed by atoms with Gasteiger partial charge in [0.25, 0.3) is 5.91 Å². The molecule has 4 rings (SSSR count). The van der Waals surface area contributed by atoms with E-state index >= 15 is 0 Å². The molecule has 5 nitrogen and oxygen atoms in total. The summed E-state index contributed by atoms with van der Waals surface area (Å²) in [6, 6.07) is 14.7. The molecule has 0 aromatic heterocycles. The van der Waals surface area contributed by atoms with Gasteiger partial charge in [0, 0.05) is 42.5 Å². The van der Waals surface area contributed by atoms with Crippen LogP contribution in [0.25, 0.3) is 0 Å². The molecule has 2 saturated heterocycles. The van der Waals surface area contributed by atoms with Crippen LogP contribution in [0.5, 0.6) is 0 Å². The summed E-state index contributed by atoms with van der Waals surface area (Å²) in [7, 11) is 0. The predicted molar refractivity (Wildman–Crippen MR) is 127 cm³/mol. The highest BCUT2D eigenvalue weighted by atomic mass is 35.5. The molecule has 0 aliphatic carbocycles. The Kier molecular flexibility index (Phi) is 7.48. The Morgan fingerprint density at radius 3 is 2.22 bits per heavy atom. The number of halogens is 1. The number of anilines is 1. The minimum absolute atomic E-state index is 0.223. The molecule has 2 aromatic carbocycles. The molecule has 2 aliphatic heterocycles. The van der Waals surface area contributed by atoms with Gasteiger partial charge in [-0.15, -0.1) is 0 Å². The molecule has 32 heavy (non-hydrogen) atoms. The summed E-state index contributed by atoms with van der Waals surface area (Å²) in [4.78, 5) is 27.8. The first kappa shape index (κ1) is 22.8. The van der Waals surface area contributed by atoms with E-state index in [4.69, 9.17) is 11.6 Å². The highest BCUT2D eigenvalue weighted by molar-refractivity contribution is 6.30. The van der Waals surface area contributed by atoms with Crippen molar-refractivity contribution in [2.75, 3.05) is 31.1 Å². The molecule has 2 aliphatic rings. The van der Waals surface area contributed by atoms with Gasteiger partial charge in [-0.05, 0) is 85.9 Å². The molecular weight excluding hydrogens is 424 g/mol. The van der Waals surface area contributed by atoms with E-state index in [9.17, 15) is 14.7 Å². The zero-order chi connectivity index (χ0) is 22.5. The Labute approximate surface area is 195 Å². The van der Waals surface area contributed by atoms with E-state index < -0.39 is 6.10 Å². The number of amides is 1. The Morgan fingerprint density at radius 1 is 1.00 bits per heavy atom. The number of aliphatic hydroxyl groups excluding tert-OH is 1. The van der Waals surface area contributed by atoms with Gasteiger partial charge < -0.3 is 14.9 Å². The SMILES string of the molecule is O=Cc1ccc(N2CCC(CC3CCN(C(=O)C(O)c4cccc(Cl)c4)CC3)CC2)cc1. The number of hydrogen-bond acceptors (Lipinski definition) is 4.